The molecular weight excluding hydrogens is 262 g/mol. The fourth-order valence-electron chi connectivity index (χ4n) is 2.76. The molecule has 1 aliphatic rings. The number of esters is 1. The quantitative estimate of drug-likeness (QED) is 0.871. The van der Waals surface area contributed by atoms with Gasteiger partial charge >= 0.3 is 5.97 Å². The molecule has 3 nitrogen and oxygen atoms in total. The predicted octanol–water partition coefficient (Wildman–Crippen LogP) is 3.57. The summed E-state index contributed by atoms with van der Waals surface area (Å²) in [5, 5.41) is 3.44. The van der Waals surface area contributed by atoms with Crippen molar-refractivity contribution in [1.82, 2.24) is 0 Å². The van der Waals surface area contributed by atoms with E-state index >= 15 is 0 Å². The topological polar surface area (TPSA) is 38.3 Å². The highest BCUT2D eigenvalue weighted by Gasteiger charge is 2.10. The number of nitrogens with one attached hydrogen (secondary N) is 1. The van der Waals surface area contributed by atoms with Gasteiger partial charge in [-0.3, -0.25) is 0 Å². The molecule has 0 aromatic heterocycles. The van der Waals surface area contributed by atoms with Crippen LogP contribution in [0.1, 0.15) is 33.5 Å². The molecule has 0 amide bonds. The zero-order valence-electron chi connectivity index (χ0n) is 12.2. The van der Waals surface area contributed by atoms with Crippen LogP contribution in [-0.4, -0.2) is 13.1 Å². The fraction of sp³-hybridized carbons (Fsp3) is 0.278. The zero-order chi connectivity index (χ0) is 14.7. The molecule has 3 heteroatoms. The second-order valence-electron chi connectivity index (χ2n) is 5.38. The number of rotatable bonds is 4. The number of anilines is 1. The number of carbonyl (C=O) groups excluding carboxylic acids is 1. The third-order valence-electron chi connectivity index (χ3n) is 3.97. The normalized spacial score (nSPS) is 12.8. The Bertz CT molecular complexity index is 647. The Balaban J connectivity index is 1.63. The van der Waals surface area contributed by atoms with Crippen LogP contribution in [0.15, 0.2) is 42.5 Å². The van der Waals surface area contributed by atoms with Crippen molar-refractivity contribution in [3.63, 3.8) is 0 Å². The maximum atomic E-state index is 11.4. The molecule has 3 rings (SSSR count). The van der Waals surface area contributed by atoms with Gasteiger partial charge in [0.05, 0.1) is 12.7 Å². The predicted molar refractivity (Wildman–Crippen MR) is 83.6 cm³/mol. The Labute approximate surface area is 124 Å². The molecule has 0 bridgehead atoms. The third kappa shape index (κ3) is 3.07. The molecule has 0 heterocycles. The van der Waals surface area contributed by atoms with E-state index in [1.165, 1.54) is 37.5 Å². The van der Waals surface area contributed by atoms with E-state index < -0.39 is 0 Å². The summed E-state index contributed by atoms with van der Waals surface area (Å²) in [4.78, 5) is 11.4. The summed E-state index contributed by atoms with van der Waals surface area (Å²) in [5.41, 5.74) is 5.85. The van der Waals surface area contributed by atoms with Gasteiger partial charge in [0, 0.05) is 12.2 Å². The maximum absolute atomic E-state index is 11.4. The third-order valence-corrected chi connectivity index (χ3v) is 3.97. The number of fused-ring (bicyclic) bond motifs is 1. The monoisotopic (exact) mass is 281 g/mol. The maximum Gasteiger partial charge on any atom is 0.337 e. The summed E-state index contributed by atoms with van der Waals surface area (Å²) in [6, 6.07) is 14.1. The summed E-state index contributed by atoms with van der Waals surface area (Å²) < 4.78 is 4.69. The van der Waals surface area contributed by atoms with Crippen molar-refractivity contribution in [2.45, 2.75) is 25.8 Å². The lowest BCUT2D eigenvalue weighted by molar-refractivity contribution is 0.0600. The molecule has 21 heavy (non-hydrogen) atoms. The minimum Gasteiger partial charge on any atom is -0.465 e. The van der Waals surface area contributed by atoms with Crippen molar-refractivity contribution in [2.24, 2.45) is 0 Å². The van der Waals surface area contributed by atoms with E-state index in [2.05, 4.69) is 23.5 Å². The van der Waals surface area contributed by atoms with Gasteiger partial charge in [-0.1, -0.05) is 18.2 Å². The average Bonchev–Trinajstić information content (AvgIpc) is 3.00. The summed E-state index contributed by atoms with van der Waals surface area (Å²) >= 11 is 0. The SMILES string of the molecule is COC(=O)c1ccc(CNc2ccc3c(c2)CCC3)cc1. The van der Waals surface area contributed by atoms with E-state index in [9.17, 15) is 4.79 Å². The molecule has 0 radical (unpaired) electrons. The van der Waals surface area contributed by atoms with E-state index in [1.54, 1.807) is 12.1 Å². The number of benzene rings is 2. The van der Waals surface area contributed by atoms with Crippen LogP contribution in [0.25, 0.3) is 0 Å². The van der Waals surface area contributed by atoms with Crippen LogP contribution in [-0.2, 0) is 24.1 Å². The molecular formula is C18H19NO2. The van der Waals surface area contributed by atoms with Gasteiger partial charge in [0.25, 0.3) is 0 Å². The van der Waals surface area contributed by atoms with Gasteiger partial charge in [0.15, 0.2) is 0 Å². The Morgan fingerprint density at radius 3 is 2.62 bits per heavy atom. The molecule has 1 aliphatic carbocycles. The molecule has 2 aromatic rings. The average molecular weight is 281 g/mol. The van der Waals surface area contributed by atoms with Crippen molar-refractivity contribution in [3.8, 4) is 0 Å². The first-order chi connectivity index (χ1) is 10.3. The number of hydrogen-bond donors (Lipinski definition) is 1. The highest BCUT2D eigenvalue weighted by Crippen LogP contribution is 2.25. The van der Waals surface area contributed by atoms with E-state index in [1.807, 2.05) is 12.1 Å². The Kier molecular flexibility index (Phi) is 3.91. The lowest BCUT2D eigenvalue weighted by atomic mass is 10.1. The Morgan fingerprint density at radius 2 is 1.86 bits per heavy atom. The van der Waals surface area contributed by atoms with Crippen LogP contribution < -0.4 is 5.32 Å². The van der Waals surface area contributed by atoms with Crippen molar-refractivity contribution in [1.29, 1.82) is 0 Å². The van der Waals surface area contributed by atoms with E-state index in [0.29, 0.717) is 5.56 Å². The molecule has 0 saturated heterocycles. The summed E-state index contributed by atoms with van der Waals surface area (Å²) in [7, 11) is 1.39. The van der Waals surface area contributed by atoms with Crippen molar-refractivity contribution in [3.05, 3.63) is 64.7 Å². The molecule has 2 aromatic carbocycles. The molecule has 108 valence electrons. The van der Waals surface area contributed by atoms with Gasteiger partial charge in [0.1, 0.15) is 0 Å². The highest BCUT2D eigenvalue weighted by molar-refractivity contribution is 5.89. The molecule has 0 unspecified atom stereocenters. The molecule has 0 atom stereocenters. The van der Waals surface area contributed by atoms with Gasteiger partial charge < -0.3 is 10.1 Å². The standard InChI is InChI=1S/C18H19NO2/c1-21-18(20)15-7-5-13(6-8-15)12-19-17-10-9-14-3-2-4-16(14)11-17/h5-11,19H,2-4,12H2,1H3. The minimum atomic E-state index is -0.298. The lowest BCUT2D eigenvalue weighted by Crippen LogP contribution is -2.03. The van der Waals surface area contributed by atoms with E-state index in [0.717, 1.165) is 17.8 Å². The largest absolute Gasteiger partial charge is 0.465 e. The summed E-state index contributed by atoms with van der Waals surface area (Å²) in [6.07, 6.45) is 3.68. The van der Waals surface area contributed by atoms with Crippen LogP contribution in [0.5, 0.6) is 0 Å². The number of carbonyl (C=O) groups is 1. The molecule has 1 N–H and O–H groups in total. The van der Waals surface area contributed by atoms with E-state index in [-0.39, 0.29) is 5.97 Å². The van der Waals surface area contributed by atoms with Gasteiger partial charge in [-0.25, -0.2) is 4.79 Å². The van der Waals surface area contributed by atoms with Crippen molar-refractivity contribution in [2.75, 3.05) is 12.4 Å². The van der Waals surface area contributed by atoms with E-state index in [4.69, 9.17) is 4.74 Å². The van der Waals surface area contributed by atoms with Crippen LogP contribution >= 0.6 is 0 Å². The highest BCUT2D eigenvalue weighted by atomic mass is 16.5. The van der Waals surface area contributed by atoms with Crippen LogP contribution in [0.2, 0.25) is 0 Å². The van der Waals surface area contributed by atoms with Crippen LogP contribution in [0.3, 0.4) is 0 Å². The lowest BCUT2D eigenvalue weighted by Gasteiger charge is -2.09. The van der Waals surface area contributed by atoms with Gasteiger partial charge in [-0.2, -0.15) is 0 Å². The first-order valence-electron chi connectivity index (χ1n) is 7.29. The van der Waals surface area contributed by atoms with Crippen LogP contribution in [0, 0.1) is 0 Å². The van der Waals surface area contributed by atoms with Gasteiger partial charge in [0.2, 0.25) is 0 Å². The fourth-order valence-corrected chi connectivity index (χ4v) is 2.76. The zero-order valence-corrected chi connectivity index (χ0v) is 12.2. The summed E-state index contributed by atoms with van der Waals surface area (Å²) in [5.74, 6) is -0.298. The number of ether oxygens (including phenoxy) is 1. The number of methoxy groups -OCH3 is 1. The number of aryl methyl sites for hydroxylation is 2. The minimum absolute atomic E-state index is 0.298. The Hall–Kier alpha value is -2.29. The van der Waals surface area contributed by atoms with Crippen LogP contribution in [0.4, 0.5) is 5.69 Å². The molecule has 0 fully saturated rings. The van der Waals surface area contributed by atoms with Gasteiger partial charge in [-0.05, 0) is 60.2 Å². The second-order valence-corrected chi connectivity index (χ2v) is 5.38. The number of hydrogen-bond acceptors (Lipinski definition) is 3. The molecule has 0 saturated carbocycles. The first kappa shape index (κ1) is 13.7. The van der Waals surface area contributed by atoms with Crippen molar-refractivity contribution < 1.29 is 9.53 Å². The first-order valence-corrected chi connectivity index (χ1v) is 7.29. The smallest absolute Gasteiger partial charge is 0.337 e. The second kappa shape index (κ2) is 6.00. The Morgan fingerprint density at radius 1 is 1.10 bits per heavy atom. The summed E-state index contributed by atoms with van der Waals surface area (Å²) in [6.45, 7) is 0.750. The molecule has 0 aliphatic heterocycles. The van der Waals surface area contributed by atoms with Gasteiger partial charge in [-0.15, -0.1) is 0 Å². The van der Waals surface area contributed by atoms with Crippen molar-refractivity contribution >= 4 is 11.7 Å². The molecule has 0 spiro atoms.